The quantitative estimate of drug-likeness (QED) is 0.777. The van der Waals surface area contributed by atoms with E-state index in [1.54, 1.807) is 0 Å². The standard InChI is InChI=1S/C21H21N3/c22-13-16-4-3-5-17(12-16)15-24-10-8-18(9-11-24)20-14-23-21-7-2-1-6-19(20)21/h1-7,12,14,18,23H,8-11,15H2. The molecule has 1 fully saturated rings. The number of rotatable bonds is 3. The molecule has 1 aliphatic heterocycles. The van der Waals surface area contributed by atoms with Crippen molar-refractivity contribution in [2.75, 3.05) is 13.1 Å². The zero-order valence-electron chi connectivity index (χ0n) is 13.7. The van der Waals surface area contributed by atoms with Gasteiger partial charge in [0.1, 0.15) is 0 Å². The number of nitrogens with one attached hydrogen (secondary N) is 1. The minimum atomic E-state index is 0.642. The molecule has 2 heterocycles. The third-order valence-electron chi connectivity index (χ3n) is 5.11. The van der Waals surface area contributed by atoms with Crippen molar-refractivity contribution in [3.05, 3.63) is 71.4 Å². The van der Waals surface area contributed by atoms with Crippen LogP contribution in [0.5, 0.6) is 0 Å². The minimum Gasteiger partial charge on any atom is -0.361 e. The maximum atomic E-state index is 9.03. The van der Waals surface area contributed by atoms with Crippen molar-refractivity contribution in [3.63, 3.8) is 0 Å². The molecule has 1 aromatic heterocycles. The smallest absolute Gasteiger partial charge is 0.0991 e. The van der Waals surface area contributed by atoms with Crippen molar-refractivity contribution in [2.45, 2.75) is 25.3 Å². The first-order valence-electron chi connectivity index (χ1n) is 8.61. The SMILES string of the molecule is N#Cc1cccc(CN2CCC(c3c[nH]c4ccccc34)CC2)c1. The second-order valence-electron chi connectivity index (χ2n) is 6.65. The summed E-state index contributed by atoms with van der Waals surface area (Å²) >= 11 is 0. The van der Waals surface area contributed by atoms with Gasteiger partial charge in [-0.25, -0.2) is 0 Å². The van der Waals surface area contributed by atoms with Crippen LogP contribution in [0.1, 0.15) is 35.4 Å². The Labute approximate surface area is 142 Å². The van der Waals surface area contributed by atoms with Crippen LogP contribution in [0, 0.1) is 11.3 Å². The highest BCUT2D eigenvalue weighted by molar-refractivity contribution is 5.83. The Morgan fingerprint density at radius 3 is 2.75 bits per heavy atom. The summed E-state index contributed by atoms with van der Waals surface area (Å²) in [5, 5.41) is 10.4. The molecule has 3 aromatic rings. The van der Waals surface area contributed by atoms with Crippen molar-refractivity contribution in [1.29, 1.82) is 5.26 Å². The molecule has 3 heteroatoms. The lowest BCUT2D eigenvalue weighted by molar-refractivity contribution is 0.205. The van der Waals surface area contributed by atoms with Crippen LogP contribution in [-0.2, 0) is 6.54 Å². The Hall–Kier alpha value is -2.57. The summed E-state index contributed by atoms with van der Waals surface area (Å²) in [6, 6.07) is 18.8. The lowest BCUT2D eigenvalue weighted by atomic mass is 9.89. The van der Waals surface area contributed by atoms with Gasteiger partial charge in [-0.3, -0.25) is 4.90 Å². The van der Waals surface area contributed by atoms with Gasteiger partial charge in [-0.15, -0.1) is 0 Å². The van der Waals surface area contributed by atoms with Crippen LogP contribution in [0.25, 0.3) is 10.9 Å². The van der Waals surface area contributed by atoms with Gasteiger partial charge in [0.2, 0.25) is 0 Å². The number of likely N-dealkylation sites (tertiary alicyclic amines) is 1. The number of para-hydroxylation sites is 1. The van der Waals surface area contributed by atoms with E-state index < -0.39 is 0 Å². The molecule has 1 N–H and O–H groups in total. The van der Waals surface area contributed by atoms with Gasteiger partial charge in [0.15, 0.2) is 0 Å². The number of aromatic amines is 1. The van der Waals surface area contributed by atoms with E-state index in [9.17, 15) is 0 Å². The fraction of sp³-hybridized carbons (Fsp3) is 0.286. The first kappa shape index (κ1) is 15.0. The van der Waals surface area contributed by atoms with E-state index in [2.05, 4.69) is 52.5 Å². The fourth-order valence-electron chi connectivity index (χ4n) is 3.83. The third-order valence-corrected chi connectivity index (χ3v) is 5.11. The number of fused-ring (bicyclic) bond motifs is 1. The predicted molar refractivity (Wildman–Crippen MR) is 96.7 cm³/mol. The largest absolute Gasteiger partial charge is 0.361 e. The zero-order chi connectivity index (χ0) is 16.4. The first-order valence-corrected chi connectivity index (χ1v) is 8.61. The summed E-state index contributed by atoms with van der Waals surface area (Å²) in [7, 11) is 0. The van der Waals surface area contributed by atoms with Gasteiger partial charge >= 0.3 is 0 Å². The van der Waals surface area contributed by atoms with Gasteiger partial charge in [0, 0.05) is 23.6 Å². The highest BCUT2D eigenvalue weighted by atomic mass is 15.1. The van der Waals surface area contributed by atoms with Crippen molar-refractivity contribution >= 4 is 10.9 Å². The monoisotopic (exact) mass is 315 g/mol. The second-order valence-corrected chi connectivity index (χ2v) is 6.65. The normalized spacial score (nSPS) is 16.3. The molecule has 0 amide bonds. The lowest BCUT2D eigenvalue weighted by Gasteiger charge is -2.32. The van der Waals surface area contributed by atoms with Crippen molar-refractivity contribution in [1.82, 2.24) is 9.88 Å². The topological polar surface area (TPSA) is 42.8 Å². The molecule has 0 radical (unpaired) electrons. The minimum absolute atomic E-state index is 0.642. The molecule has 0 saturated carbocycles. The zero-order valence-corrected chi connectivity index (χ0v) is 13.7. The predicted octanol–water partition coefficient (Wildman–Crippen LogP) is 4.42. The van der Waals surface area contributed by atoms with Crippen LogP contribution in [0.3, 0.4) is 0 Å². The number of piperidine rings is 1. The highest BCUT2D eigenvalue weighted by Crippen LogP contribution is 2.33. The van der Waals surface area contributed by atoms with E-state index in [0.29, 0.717) is 5.92 Å². The van der Waals surface area contributed by atoms with Crippen LogP contribution in [0.2, 0.25) is 0 Å². The van der Waals surface area contributed by atoms with Crippen LogP contribution in [-0.4, -0.2) is 23.0 Å². The van der Waals surface area contributed by atoms with E-state index in [1.807, 2.05) is 18.2 Å². The fourth-order valence-corrected chi connectivity index (χ4v) is 3.83. The summed E-state index contributed by atoms with van der Waals surface area (Å²) in [5.41, 5.74) is 4.70. The maximum absolute atomic E-state index is 9.03. The van der Waals surface area contributed by atoms with Gasteiger partial charge in [-0.05, 0) is 61.2 Å². The Morgan fingerprint density at radius 2 is 1.92 bits per heavy atom. The van der Waals surface area contributed by atoms with Gasteiger partial charge < -0.3 is 4.98 Å². The number of benzene rings is 2. The Balaban J connectivity index is 1.42. The van der Waals surface area contributed by atoms with Crippen molar-refractivity contribution in [2.24, 2.45) is 0 Å². The molecule has 0 bridgehead atoms. The summed E-state index contributed by atoms with van der Waals surface area (Å²) in [6.07, 6.45) is 4.58. The number of hydrogen-bond donors (Lipinski definition) is 1. The van der Waals surface area contributed by atoms with Crippen LogP contribution in [0.15, 0.2) is 54.7 Å². The van der Waals surface area contributed by atoms with Crippen LogP contribution >= 0.6 is 0 Å². The number of hydrogen-bond acceptors (Lipinski definition) is 2. The molecule has 3 nitrogen and oxygen atoms in total. The maximum Gasteiger partial charge on any atom is 0.0991 e. The van der Waals surface area contributed by atoms with Gasteiger partial charge in [-0.1, -0.05) is 30.3 Å². The third kappa shape index (κ3) is 2.93. The summed E-state index contributed by atoms with van der Waals surface area (Å²) in [4.78, 5) is 5.91. The molecule has 2 aromatic carbocycles. The summed E-state index contributed by atoms with van der Waals surface area (Å²) in [6.45, 7) is 3.16. The average Bonchev–Trinajstić information content (AvgIpc) is 3.07. The van der Waals surface area contributed by atoms with Crippen LogP contribution in [0.4, 0.5) is 0 Å². The van der Waals surface area contributed by atoms with E-state index in [1.165, 1.54) is 34.9 Å². The number of aromatic nitrogens is 1. The number of H-pyrrole nitrogens is 1. The van der Waals surface area contributed by atoms with Crippen LogP contribution < -0.4 is 0 Å². The summed E-state index contributed by atoms with van der Waals surface area (Å²) in [5.74, 6) is 0.642. The molecule has 1 aliphatic rings. The second kappa shape index (κ2) is 6.51. The van der Waals surface area contributed by atoms with Gasteiger partial charge in [-0.2, -0.15) is 5.26 Å². The van der Waals surface area contributed by atoms with Crippen molar-refractivity contribution < 1.29 is 0 Å². The molecule has 0 atom stereocenters. The Morgan fingerprint density at radius 1 is 1.08 bits per heavy atom. The molecule has 1 saturated heterocycles. The highest BCUT2D eigenvalue weighted by Gasteiger charge is 2.22. The average molecular weight is 315 g/mol. The molecule has 24 heavy (non-hydrogen) atoms. The van der Waals surface area contributed by atoms with E-state index in [4.69, 9.17) is 5.26 Å². The van der Waals surface area contributed by atoms with E-state index in [0.717, 1.165) is 25.2 Å². The Bertz CT molecular complexity index is 879. The molecular formula is C21H21N3. The Kier molecular flexibility index (Phi) is 4.06. The van der Waals surface area contributed by atoms with E-state index >= 15 is 0 Å². The van der Waals surface area contributed by atoms with Gasteiger partial charge in [0.25, 0.3) is 0 Å². The van der Waals surface area contributed by atoms with Gasteiger partial charge in [0.05, 0.1) is 11.6 Å². The first-order chi connectivity index (χ1) is 11.8. The molecule has 4 rings (SSSR count). The molecule has 0 spiro atoms. The molecule has 120 valence electrons. The molecular weight excluding hydrogens is 294 g/mol. The molecule has 0 unspecified atom stereocenters. The number of nitrogens with zero attached hydrogens (tertiary/aromatic N) is 2. The molecule has 0 aliphatic carbocycles. The van der Waals surface area contributed by atoms with Crippen molar-refractivity contribution in [3.8, 4) is 6.07 Å². The lowest BCUT2D eigenvalue weighted by Crippen LogP contribution is -2.32. The van der Waals surface area contributed by atoms with E-state index in [-0.39, 0.29) is 0 Å². The number of nitriles is 1. The summed E-state index contributed by atoms with van der Waals surface area (Å²) < 4.78 is 0.